The van der Waals surface area contributed by atoms with E-state index in [0.29, 0.717) is 5.82 Å². The molecule has 24 heavy (non-hydrogen) atoms. The van der Waals surface area contributed by atoms with Gasteiger partial charge in [-0.15, -0.1) is 0 Å². The highest BCUT2D eigenvalue weighted by Crippen LogP contribution is 2.46. The summed E-state index contributed by atoms with van der Waals surface area (Å²) in [6, 6.07) is 0. The molecule has 7 nitrogen and oxygen atoms in total. The van der Waals surface area contributed by atoms with Gasteiger partial charge in [0, 0.05) is 19.4 Å². The summed E-state index contributed by atoms with van der Waals surface area (Å²) < 4.78 is 19.8. The monoisotopic (exact) mass is 336 g/mol. The number of fused-ring (bicyclic) bond motifs is 1. The van der Waals surface area contributed by atoms with Crippen molar-refractivity contribution in [2.75, 3.05) is 24.8 Å². The van der Waals surface area contributed by atoms with E-state index in [-0.39, 0.29) is 34.1 Å². The number of phenolic OH excluding ortho intramolecular Hbond substituents is 1. The molecule has 2 aromatic rings. The summed E-state index contributed by atoms with van der Waals surface area (Å²) in [7, 11) is 2.73. The number of halogens is 1. The van der Waals surface area contributed by atoms with Crippen molar-refractivity contribution in [2.24, 2.45) is 0 Å². The fourth-order valence-electron chi connectivity index (χ4n) is 2.31. The predicted molar refractivity (Wildman–Crippen MR) is 89.9 cm³/mol. The summed E-state index contributed by atoms with van der Waals surface area (Å²) in [6.45, 7) is 6.90. The molecule has 0 atom stereocenters. The first-order valence-electron chi connectivity index (χ1n) is 7.31. The van der Waals surface area contributed by atoms with Crippen LogP contribution in [-0.2, 0) is 10.2 Å². The van der Waals surface area contributed by atoms with Gasteiger partial charge in [0.05, 0.1) is 12.5 Å². The first-order valence-corrected chi connectivity index (χ1v) is 7.31. The van der Waals surface area contributed by atoms with Gasteiger partial charge < -0.3 is 20.5 Å². The average molecular weight is 336 g/mol. The quantitative estimate of drug-likeness (QED) is 0.873. The molecule has 0 fully saturated rings. The summed E-state index contributed by atoms with van der Waals surface area (Å²) in [4.78, 5) is 21.5. The number of amides is 1. The second kappa shape index (κ2) is 5.77. The highest BCUT2D eigenvalue weighted by Gasteiger charge is 2.29. The van der Waals surface area contributed by atoms with Gasteiger partial charge in [-0.3, -0.25) is 4.79 Å². The summed E-state index contributed by atoms with van der Waals surface area (Å²) in [5, 5.41) is 10.3. The number of anilines is 2. The Labute approximate surface area is 139 Å². The van der Waals surface area contributed by atoms with E-state index in [4.69, 9.17) is 10.5 Å². The summed E-state index contributed by atoms with van der Waals surface area (Å²) in [5.41, 5.74) is 5.53. The zero-order valence-electron chi connectivity index (χ0n) is 14.6. The van der Waals surface area contributed by atoms with E-state index in [2.05, 4.69) is 9.97 Å². The highest BCUT2D eigenvalue weighted by atomic mass is 19.1. The van der Waals surface area contributed by atoms with Crippen LogP contribution in [0.2, 0.25) is 0 Å². The lowest BCUT2D eigenvalue weighted by atomic mass is 9.95. The van der Waals surface area contributed by atoms with Crippen LogP contribution >= 0.6 is 0 Å². The Morgan fingerprint density at radius 3 is 2.38 bits per heavy atom. The van der Waals surface area contributed by atoms with Gasteiger partial charge in [0.15, 0.2) is 17.3 Å². The Morgan fingerprint density at radius 1 is 1.33 bits per heavy atom. The zero-order chi connectivity index (χ0) is 18.4. The van der Waals surface area contributed by atoms with E-state index in [1.165, 1.54) is 26.0 Å². The molecule has 0 spiro atoms. The summed E-state index contributed by atoms with van der Waals surface area (Å²) in [6.07, 6.45) is 0. The molecule has 0 saturated carbocycles. The van der Waals surface area contributed by atoms with E-state index in [0.717, 1.165) is 0 Å². The Balaban J connectivity index is 3.04. The third-order valence-electron chi connectivity index (χ3n) is 3.70. The summed E-state index contributed by atoms with van der Waals surface area (Å²) in [5.74, 6) is -1.91. The van der Waals surface area contributed by atoms with Crippen LogP contribution in [-0.4, -0.2) is 35.1 Å². The standard InChI is InChI=1S/C16H21FN4O3/c1-7(22)21(5)11-8-10(9(17)12(23)13(11)24-6)19-15(16(2,3)4)20-14(8)18/h23H,1-6H3,(H2,18,19,20). The van der Waals surface area contributed by atoms with Crippen molar-refractivity contribution < 1.29 is 19.0 Å². The number of aromatic nitrogens is 2. The second-order valence-corrected chi connectivity index (χ2v) is 6.53. The van der Waals surface area contributed by atoms with E-state index >= 15 is 0 Å². The summed E-state index contributed by atoms with van der Waals surface area (Å²) >= 11 is 0. The van der Waals surface area contributed by atoms with Gasteiger partial charge >= 0.3 is 0 Å². The molecule has 3 N–H and O–H groups in total. The molecule has 1 aromatic carbocycles. The van der Waals surface area contributed by atoms with Crippen molar-refractivity contribution in [3.8, 4) is 11.5 Å². The fourth-order valence-corrected chi connectivity index (χ4v) is 2.31. The number of nitrogens with two attached hydrogens (primary N) is 1. The average Bonchev–Trinajstić information content (AvgIpc) is 2.48. The third-order valence-corrected chi connectivity index (χ3v) is 3.70. The van der Waals surface area contributed by atoms with Crippen LogP contribution in [0.25, 0.3) is 10.9 Å². The van der Waals surface area contributed by atoms with Gasteiger partial charge in [0.2, 0.25) is 5.91 Å². The minimum atomic E-state index is -0.970. The van der Waals surface area contributed by atoms with Crippen LogP contribution < -0.4 is 15.4 Å². The molecular weight excluding hydrogens is 315 g/mol. The van der Waals surface area contributed by atoms with E-state index in [9.17, 15) is 14.3 Å². The Bertz CT molecular complexity index is 831. The lowest BCUT2D eigenvalue weighted by Gasteiger charge is -2.24. The molecule has 0 bridgehead atoms. The smallest absolute Gasteiger partial charge is 0.223 e. The maximum atomic E-state index is 14.7. The van der Waals surface area contributed by atoms with Crippen LogP contribution in [0.15, 0.2) is 0 Å². The number of benzene rings is 1. The zero-order valence-corrected chi connectivity index (χ0v) is 14.6. The minimum Gasteiger partial charge on any atom is -0.502 e. The van der Waals surface area contributed by atoms with Crippen LogP contribution in [0.1, 0.15) is 33.5 Å². The number of ether oxygens (including phenoxy) is 1. The molecule has 0 saturated heterocycles. The number of rotatable bonds is 2. The number of hydrogen-bond acceptors (Lipinski definition) is 6. The molecule has 1 heterocycles. The van der Waals surface area contributed by atoms with Crippen LogP contribution in [0.5, 0.6) is 11.5 Å². The van der Waals surface area contributed by atoms with Crippen molar-refractivity contribution in [1.29, 1.82) is 0 Å². The largest absolute Gasteiger partial charge is 0.502 e. The maximum absolute atomic E-state index is 14.7. The van der Waals surface area contributed by atoms with Gasteiger partial charge in [0.1, 0.15) is 22.8 Å². The number of phenols is 1. The Hall–Kier alpha value is -2.64. The molecule has 0 aliphatic rings. The lowest BCUT2D eigenvalue weighted by Crippen LogP contribution is -2.25. The van der Waals surface area contributed by atoms with Crippen LogP contribution in [0, 0.1) is 5.82 Å². The molecule has 1 aromatic heterocycles. The number of hydrogen-bond donors (Lipinski definition) is 2. The van der Waals surface area contributed by atoms with Gasteiger partial charge in [-0.05, 0) is 0 Å². The van der Waals surface area contributed by atoms with Crippen molar-refractivity contribution in [2.45, 2.75) is 33.1 Å². The number of methoxy groups -OCH3 is 1. The molecule has 1 amide bonds. The van der Waals surface area contributed by atoms with E-state index < -0.39 is 17.0 Å². The number of carbonyl (C=O) groups excluding carboxylic acids is 1. The first kappa shape index (κ1) is 17.7. The fraction of sp³-hybridized carbons (Fsp3) is 0.438. The number of nitrogen functional groups attached to an aromatic ring is 1. The number of nitrogens with zero attached hydrogens (tertiary/aromatic N) is 3. The van der Waals surface area contributed by atoms with E-state index in [1.807, 2.05) is 20.8 Å². The van der Waals surface area contributed by atoms with Crippen molar-refractivity contribution in [1.82, 2.24) is 9.97 Å². The van der Waals surface area contributed by atoms with Gasteiger partial charge in [-0.1, -0.05) is 20.8 Å². The molecule has 0 aliphatic heterocycles. The lowest BCUT2D eigenvalue weighted by molar-refractivity contribution is -0.116. The number of aromatic hydroxyl groups is 1. The molecule has 2 rings (SSSR count). The third kappa shape index (κ3) is 2.68. The topological polar surface area (TPSA) is 102 Å². The maximum Gasteiger partial charge on any atom is 0.223 e. The van der Waals surface area contributed by atoms with Gasteiger partial charge in [0.25, 0.3) is 0 Å². The molecule has 0 aliphatic carbocycles. The van der Waals surface area contributed by atoms with E-state index in [1.54, 1.807) is 0 Å². The molecule has 0 unspecified atom stereocenters. The van der Waals surface area contributed by atoms with Crippen molar-refractivity contribution in [3.05, 3.63) is 11.6 Å². The second-order valence-electron chi connectivity index (χ2n) is 6.53. The molecular formula is C16H21FN4O3. The first-order chi connectivity index (χ1) is 11.0. The SMILES string of the molecule is COc1c(O)c(F)c2nc(C(C)(C)C)nc(N)c2c1N(C)C(C)=O. The Kier molecular flexibility index (Phi) is 4.26. The minimum absolute atomic E-state index is 0.00484. The van der Waals surface area contributed by atoms with Gasteiger partial charge in [-0.2, -0.15) is 0 Å². The molecule has 130 valence electrons. The van der Waals surface area contributed by atoms with Gasteiger partial charge in [-0.25, -0.2) is 14.4 Å². The molecule has 8 heteroatoms. The highest BCUT2D eigenvalue weighted by molar-refractivity contribution is 6.09. The van der Waals surface area contributed by atoms with Crippen LogP contribution in [0.4, 0.5) is 15.9 Å². The van der Waals surface area contributed by atoms with Crippen molar-refractivity contribution >= 4 is 28.3 Å². The molecule has 0 radical (unpaired) electrons. The Morgan fingerprint density at radius 2 is 1.92 bits per heavy atom. The van der Waals surface area contributed by atoms with Crippen molar-refractivity contribution in [3.63, 3.8) is 0 Å². The normalized spacial score (nSPS) is 11.6. The number of carbonyl (C=O) groups is 1. The predicted octanol–water partition coefficient (Wildman–Crippen LogP) is 2.35. The van der Waals surface area contributed by atoms with Crippen LogP contribution in [0.3, 0.4) is 0 Å².